The zero-order chi connectivity index (χ0) is 27.4. The number of aromatic nitrogens is 2. The van der Waals surface area contributed by atoms with Crippen LogP contribution < -0.4 is 4.74 Å². The maximum Gasteiger partial charge on any atom is 0.253 e. The molecule has 0 aliphatic heterocycles. The summed E-state index contributed by atoms with van der Waals surface area (Å²) in [4.78, 5) is 13.3. The smallest absolute Gasteiger partial charge is 0.253 e. The summed E-state index contributed by atoms with van der Waals surface area (Å²) in [5.41, 5.74) is 7.62. The van der Waals surface area contributed by atoms with Gasteiger partial charge in [-0.15, -0.1) is 0 Å². The number of rotatable bonds is 8. The highest BCUT2D eigenvalue weighted by molar-refractivity contribution is 5.83. The van der Waals surface area contributed by atoms with Gasteiger partial charge in [0, 0.05) is 19.0 Å². The molecule has 5 aromatic rings. The van der Waals surface area contributed by atoms with E-state index in [1.165, 1.54) is 12.6 Å². The van der Waals surface area contributed by atoms with Gasteiger partial charge in [-0.2, -0.15) is 5.10 Å². The molecule has 0 saturated carbocycles. The summed E-state index contributed by atoms with van der Waals surface area (Å²) >= 11 is 0. The minimum atomic E-state index is -0.617. The van der Waals surface area contributed by atoms with Crippen molar-refractivity contribution in [2.75, 3.05) is 14.2 Å². The lowest BCUT2D eigenvalue weighted by molar-refractivity contribution is -0.161. The lowest BCUT2D eigenvalue weighted by Gasteiger charge is -2.19. The van der Waals surface area contributed by atoms with E-state index in [1.807, 2.05) is 89.6 Å². The zero-order valence-corrected chi connectivity index (χ0v) is 22.3. The van der Waals surface area contributed by atoms with Crippen LogP contribution in [0.5, 0.6) is 5.75 Å². The van der Waals surface area contributed by atoms with Gasteiger partial charge in [0.05, 0.1) is 30.1 Å². The van der Waals surface area contributed by atoms with Crippen LogP contribution in [-0.4, -0.2) is 40.1 Å². The van der Waals surface area contributed by atoms with Crippen LogP contribution in [0.15, 0.2) is 109 Å². The predicted molar refractivity (Wildman–Crippen MR) is 153 cm³/mol. The first-order valence-electron chi connectivity index (χ1n) is 12.8. The highest BCUT2D eigenvalue weighted by Crippen LogP contribution is 2.31. The Morgan fingerprint density at radius 1 is 0.872 bits per heavy atom. The van der Waals surface area contributed by atoms with Crippen molar-refractivity contribution in [1.82, 2.24) is 14.8 Å². The Kier molecular flexibility index (Phi) is 7.57. The lowest BCUT2D eigenvalue weighted by atomic mass is 9.90. The fourth-order valence-corrected chi connectivity index (χ4v) is 4.73. The monoisotopic (exact) mass is 517 g/mol. The Labute approximate surface area is 228 Å². The Morgan fingerprint density at radius 3 is 2.23 bits per heavy atom. The molecule has 6 heteroatoms. The number of ether oxygens (including phenoxy) is 1. The third kappa shape index (κ3) is 5.76. The maximum atomic E-state index is 13.3. The molecular formula is C33H31N3O3. The van der Waals surface area contributed by atoms with Crippen LogP contribution in [-0.2, 0) is 11.2 Å². The van der Waals surface area contributed by atoms with Gasteiger partial charge in [0.15, 0.2) is 0 Å². The van der Waals surface area contributed by atoms with Gasteiger partial charge in [0.25, 0.3) is 5.91 Å². The van der Waals surface area contributed by atoms with Crippen LogP contribution in [0.2, 0.25) is 0 Å². The second kappa shape index (κ2) is 11.4. The molecule has 1 aromatic heterocycles. The lowest BCUT2D eigenvalue weighted by Crippen LogP contribution is -2.30. The normalized spacial score (nSPS) is 11.7. The molecule has 0 saturated heterocycles. The standard InChI is InChI=1S/C33H31N3O3/c1-23-12-14-25(15-13-23)32-22-28(34-36(32)29-16-18-30(39-3)19-17-29)21-31(33(37)35(2)38)27-11-7-10-26(20-27)24-8-5-4-6-9-24/h4-20,22,31,38H,21H2,1-3H3. The first-order chi connectivity index (χ1) is 18.9. The molecule has 0 fully saturated rings. The van der Waals surface area contributed by atoms with E-state index in [2.05, 4.69) is 31.2 Å². The number of nitrogens with zero attached hydrogens (tertiary/aromatic N) is 3. The van der Waals surface area contributed by atoms with Crippen LogP contribution in [0, 0.1) is 6.92 Å². The van der Waals surface area contributed by atoms with Crippen LogP contribution in [0.25, 0.3) is 28.1 Å². The molecule has 1 heterocycles. The molecule has 1 N–H and O–H groups in total. The second-order valence-electron chi connectivity index (χ2n) is 9.61. The average Bonchev–Trinajstić information content (AvgIpc) is 3.40. The van der Waals surface area contributed by atoms with Gasteiger partial charge in [0.2, 0.25) is 0 Å². The van der Waals surface area contributed by atoms with Gasteiger partial charge in [-0.1, -0.05) is 84.4 Å². The summed E-state index contributed by atoms with van der Waals surface area (Å²) in [7, 11) is 3.00. The summed E-state index contributed by atoms with van der Waals surface area (Å²) in [6, 6.07) is 36.0. The molecule has 1 unspecified atom stereocenters. The van der Waals surface area contributed by atoms with Gasteiger partial charge in [-0.05, 0) is 53.9 Å². The predicted octanol–water partition coefficient (Wildman–Crippen LogP) is 6.70. The van der Waals surface area contributed by atoms with Crippen LogP contribution in [0.4, 0.5) is 0 Å². The van der Waals surface area contributed by atoms with Crippen molar-refractivity contribution in [3.8, 4) is 33.8 Å². The molecule has 39 heavy (non-hydrogen) atoms. The van der Waals surface area contributed by atoms with Crippen molar-refractivity contribution in [1.29, 1.82) is 0 Å². The van der Waals surface area contributed by atoms with E-state index >= 15 is 0 Å². The van der Waals surface area contributed by atoms with E-state index in [0.29, 0.717) is 11.5 Å². The largest absolute Gasteiger partial charge is 0.497 e. The van der Waals surface area contributed by atoms with Crippen LogP contribution >= 0.6 is 0 Å². The van der Waals surface area contributed by atoms with Crippen LogP contribution in [0.1, 0.15) is 22.7 Å². The van der Waals surface area contributed by atoms with Crippen molar-refractivity contribution >= 4 is 5.91 Å². The van der Waals surface area contributed by atoms with Crippen molar-refractivity contribution < 1.29 is 14.7 Å². The topological polar surface area (TPSA) is 67.6 Å². The molecule has 0 spiro atoms. The number of amides is 1. The molecule has 0 aliphatic rings. The van der Waals surface area contributed by atoms with Gasteiger partial charge < -0.3 is 4.74 Å². The number of benzene rings is 4. The number of hydroxylamine groups is 2. The molecule has 196 valence electrons. The molecule has 1 atom stereocenters. The van der Waals surface area contributed by atoms with Gasteiger partial charge in [-0.25, -0.2) is 9.75 Å². The van der Waals surface area contributed by atoms with Crippen molar-refractivity contribution in [3.63, 3.8) is 0 Å². The van der Waals surface area contributed by atoms with Crippen molar-refractivity contribution in [2.24, 2.45) is 0 Å². The first-order valence-corrected chi connectivity index (χ1v) is 12.8. The van der Waals surface area contributed by atoms with Crippen molar-refractivity contribution in [2.45, 2.75) is 19.3 Å². The summed E-state index contributed by atoms with van der Waals surface area (Å²) in [5.74, 6) is -0.247. The number of likely N-dealkylation sites (N-methyl/N-ethyl adjacent to an activating group) is 1. The summed E-state index contributed by atoms with van der Waals surface area (Å²) in [5, 5.41) is 15.8. The van der Waals surface area contributed by atoms with Gasteiger partial charge >= 0.3 is 0 Å². The minimum absolute atomic E-state index is 0.323. The number of hydrogen-bond donors (Lipinski definition) is 1. The third-order valence-corrected chi connectivity index (χ3v) is 6.85. The Bertz CT molecular complexity index is 1560. The number of carbonyl (C=O) groups excluding carboxylic acids is 1. The Hall–Kier alpha value is -4.68. The zero-order valence-electron chi connectivity index (χ0n) is 22.3. The first kappa shape index (κ1) is 25.9. The van der Waals surface area contributed by atoms with E-state index in [0.717, 1.165) is 45.1 Å². The quantitative estimate of drug-likeness (QED) is 0.184. The van der Waals surface area contributed by atoms with Gasteiger partial charge in [-0.3, -0.25) is 10.0 Å². The Balaban J connectivity index is 1.56. The minimum Gasteiger partial charge on any atom is -0.497 e. The Morgan fingerprint density at radius 2 is 1.56 bits per heavy atom. The molecule has 6 nitrogen and oxygen atoms in total. The molecule has 5 rings (SSSR count). The number of aryl methyl sites for hydroxylation is 1. The van der Waals surface area contributed by atoms with E-state index in [9.17, 15) is 10.0 Å². The highest BCUT2D eigenvalue weighted by atomic mass is 16.5. The fraction of sp³-hybridized carbons (Fsp3) is 0.152. The van der Waals surface area contributed by atoms with E-state index in [-0.39, 0.29) is 0 Å². The molecular weight excluding hydrogens is 486 g/mol. The molecule has 4 aromatic carbocycles. The molecule has 0 aliphatic carbocycles. The highest BCUT2D eigenvalue weighted by Gasteiger charge is 2.26. The van der Waals surface area contributed by atoms with Crippen molar-refractivity contribution in [3.05, 3.63) is 126 Å². The average molecular weight is 518 g/mol. The third-order valence-electron chi connectivity index (χ3n) is 6.85. The number of methoxy groups -OCH3 is 1. The maximum absolute atomic E-state index is 13.3. The summed E-state index contributed by atoms with van der Waals surface area (Å²) < 4.78 is 7.23. The SMILES string of the molecule is COc1ccc(-n2nc(CC(C(=O)N(C)O)c3cccc(-c4ccccc4)c3)cc2-c2ccc(C)cc2)cc1. The molecule has 0 bridgehead atoms. The fourth-order valence-electron chi connectivity index (χ4n) is 4.73. The summed E-state index contributed by atoms with van der Waals surface area (Å²) in [6.07, 6.45) is 0.323. The number of carbonyl (C=O) groups is 1. The molecule has 1 amide bonds. The van der Waals surface area contributed by atoms with E-state index in [1.54, 1.807) is 7.11 Å². The van der Waals surface area contributed by atoms with Gasteiger partial charge in [0.1, 0.15) is 5.75 Å². The van der Waals surface area contributed by atoms with E-state index in [4.69, 9.17) is 9.84 Å². The number of hydrogen-bond acceptors (Lipinski definition) is 4. The summed E-state index contributed by atoms with van der Waals surface area (Å²) in [6.45, 7) is 2.06. The van der Waals surface area contributed by atoms with Crippen LogP contribution in [0.3, 0.4) is 0 Å². The second-order valence-corrected chi connectivity index (χ2v) is 9.61. The molecule has 0 radical (unpaired) electrons. The van der Waals surface area contributed by atoms with E-state index < -0.39 is 11.8 Å².